The van der Waals surface area contributed by atoms with Gasteiger partial charge in [0.05, 0.1) is 11.7 Å². The van der Waals surface area contributed by atoms with Crippen LogP contribution in [0.5, 0.6) is 0 Å². The number of Topliss-reactive ketones (excluding diaryl/α,β-unsaturated/α-hetero) is 1. The second-order valence-electron chi connectivity index (χ2n) is 14.6. The Morgan fingerprint density at radius 3 is 2.43 bits per heavy atom. The molecule has 5 nitrogen and oxygen atoms in total. The van der Waals surface area contributed by atoms with E-state index < -0.39 is 24.1 Å². The van der Waals surface area contributed by atoms with Crippen molar-refractivity contribution in [2.75, 3.05) is 0 Å². The molecule has 0 aromatic heterocycles. The molecule has 1 heterocycles. The van der Waals surface area contributed by atoms with Gasteiger partial charge in [0.1, 0.15) is 11.9 Å². The van der Waals surface area contributed by atoms with Gasteiger partial charge >= 0.3 is 0 Å². The summed E-state index contributed by atoms with van der Waals surface area (Å²) in [6.07, 6.45) is 7.78. The molecule has 1 saturated heterocycles. The normalized spacial score (nSPS) is 50.2. The van der Waals surface area contributed by atoms with Gasteiger partial charge in [-0.25, -0.2) is 0 Å². The Balaban J connectivity index is 1.44. The lowest BCUT2D eigenvalue weighted by Gasteiger charge is -2.63. The highest BCUT2D eigenvalue weighted by molar-refractivity contribution is 5.85. The number of hydrogen-bond donors (Lipinski definition) is 3. The number of rotatable bonds is 3. The first kappa shape index (κ1) is 25.9. The fourth-order valence-electron chi connectivity index (χ4n) is 9.98. The molecule has 3 N–H and O–H groups in total. The molecule has 3 saturated carbocycles. The van der Waals surface area contributed by atoms with Gasteiger partial charge in [0, 0.05) is 17.8 Å². The maximum absolute atomic E-state index is 12.8. The molecule has 0 bridgehead atoms. The zero-order valence-electron chi connectivity index (χ0n) is 22.9. The highest BCUT2D eigenvalue weighted by Crippen LogP contribution is 2.73. The average Bonchev–Trinajstić information content (AvgIpc) is 3.26. The molecule has 0 unspecified atom stereocenters. The van der Waals surface area contributed by atoms with Crippen LogP contribution in [0.4, 0.5) is 0 Å². The van der Waals surface area contributed by atoms with Gasteiger partial charge in [-0.3, -0.25) is 4.79 Å². The first-order chi connectivity index (χ1) is 16.1. The van der Waals surface area contributed by atoms with E-state index in [1.165, 1.54) is 0 Å². The van der Waals surface area contributed by atoms with Crippen molar-refractivity contribution in [1.29, 1.82) is 0 Å². The van der Waals surface area contributed by atoms with E-state index in [-0.39, 0.29) is 27.6 Å². The number of hydrogen-bond acceptors (Lipinski definition) is 5. The number of carbonyl (C=O) groups excluding carboxylic acids is 1. The van der Waals surface area contributed by atoms with Crippen LogP contribution < -0.4 is 0 Å². The predicted octanol–water partition coefficient (Wildman–Crippen LogP) is 5.02. The summed E-state index contributed by atoms with van der Waals surface area (Å²) >= 11 is 0. The third-order valence-electron chi connectivity index (χ3n) is 12.4. The van der Waals surface area contributed by atoms with Crippen LogP contribution in [0.2, 0.25) is 0 Å². The second-order valence-corrected chi connectivity index (χ2v) is 14.6. The van der Waals surface area contributed by atoms with E-state index >= 15 is 0 Å². The molecular formula is C30H48O5. The van der Waals surface area contributed by atoms with Crippen LogP contribution in [0.25, 0.3) is 0 Å². The molecule has 5 aliphatic rings. The predicted molar refractivity (Wildman–Crippen MR) is 135 cm³/mol. The van der Waals surface area contributed by atoms with Gasteiger partial charge in [-0.1, -0.05) is 46.3 Å². The van der Waals surface area contributed by atoms with Crippen LogP contribution in [-0.4, -0.2) is 45.2 Å². The third kappa shape index (κ3) is 3.43. The first-order valence-corrected chi connectivity index (χ1v) is 14.0. The topological polar surface area (TPSA) is 87.0 Å². The van der Waals surface area contributed by atoms with Gasteiger partial charge in [0.2, 0.25) is 0 Å². The summed E-state index contributed by atoms with van der Waals surface area (Å²) < 4.78 is 5.86. The molecule has 0 radical (unpaired) electrons. The lowest BCUT2D eigenvalue weighted by atomic mass is 9.41. The van der Waals surface area contributed by atoms with Gasteiger partial charge in [0.15, 0.2) is 6.29 Å². The number of ether oxygens (including phenoxy) is 1. The monoisotopic (exact) mass is 488 g/mol. The maximum atomic E-state index is 12.8. The molecule has 5 heteroatoms. The number of aliphatic hydroxyl groups excluding tert-OH is 2. The van der Waals surface area contributed by atoms with Crippen LogP contribution in [0.3, 0.4) is 0 Å². The summed E-state index contributed by atoms with van der Waals surface area (Å²) in [6.45, 7) is 14.9. The smallest absolute Gasteiger partial charge is 0.158 e. The zero-order chi connectivity index (χ0) is 25.8. The largest absolute Gasteiger partial charge is 0.388 e. The van der Waals surface area contributed by atoms with E-state index in [1.54, 1.807) is 19.4 Å². The van der Waals surface area contributed by atoms with Crippen LogP contribution in [0.1, 0.15) is 99.8 Å². The second kappa shape index (κ2) is 7.88. The molecule has 35 heavy (non-hydrogen) atoms. The van der Waals surface area contributed by atoms with E-state index in [2.05, 4.69) is 40.7 Å². The molecular weight excluding hydrogens is 440 g/mol. The van der Waals surface area contributed by atoms with Crippen LogP contribution >= 0.6 is 0 Å². The average molecular weight is 489 g/mol. The van der Waals surface area contributed by atoms with Crippen molar-refractivity contribution in [2.45, 2.75) is 124 Å². The van der Waals surface area contributed by atoms with E-state index in [4.69, 9.17) is 4.74 Å². The highest BCUT2D eigenvalue weighted by Gasteiger charge is 2.66. The van der Waals surface area contributed by atoms with E-state index in [0.29, 0.717) is 36.4 Å². The van der Waals surface area contributed by atoms with Crippen molar-refractivity contribution >= 4 is 5.78 Å². The quantitative estimate of drug-likeness (QED) is 0.486. The minimum Gasteiger partial charge on any atom is -0.388 e. The summed E-state index contributed by atoms with van der Waals surface area (Å²) in [5.41, 5.74) is 0.409. The molecule has 0 aromatic rings. The fraction of sp³-hybridized carbons (Fsp3) is 0.900. The zero-order valence-corrected chi connectivity index (χ0v) is 22.9. The lowest BCUT2D eigenvalue weighted by molar-refractivity contribution is -0.172. The van der Waals surface area contributed by atoms with Gasteiger partial charge in [-0.15, -0.1) is 0 Å². The lowest BCUT2D eigenvalue weighted by Crippen LogP contribution is -2.57. The van der Waals surface area contributed by atoms with Crippen molar-refractivity contribution in [2.24, 2.45) is 45.3 Å². The van der Waals surface area contributed by atoms with Crippen molar-refractivity contribution in [3.8, 4) is 0 Å². The van der Waals surface area contributed by atoms with Crippen molar-refractivity contribution in [3.05, 3.63) is 11.6 Å². The van der Waals surface area contributed by atoms with Gasteiger partial charge < -0.3 is 20.1 Å². The number of fused-ring (bicyclic) bond motifs is 5. The molecule has 198 valence electrons. The van der Waals surface area contributed by atoms with Crippen molar-refractivity contribution in [3.63, 3.8) is 0 Å². The Hall–Kier alpha value is -0.750. The first-order valence-electron chi connectivity index (χ1n) is 14.0. The molecule has 4 fully saturated rings. The summed E-state index contributed by atoms with van der Waals surface area (Å²) in [7, 11) is 0. The molecule has 5 rings (SSSR count). The molecule has 0 aromatic carbocycles. The Morgan fingerprint density at radius 1 is 1.09 bits per heavy atom. The number of carbonyl (C=O) groups is 1. The van der Waals surface area contributed by atoms with Gasteiger partial charge in [-0.05, 0) is 92.8 Å². The van der Waals surface area contributed by atoms with E-state index in [0.717, 1.165) is 38.5 Å². The van der Waals surface area contributed by atoms with E-state index in [9.17, 15) is 20.1 Å². The third-order valence-corrected chi connectivity index (χ3v) is 12.4. The Labute approximate surface area is 211 Å². The standard InChI is InChI=1S/C30H48O5/c1-26(2)22-9-8-20-19(28(22,5)13-12-23(26)31)11-15-29(6)18(10-14-30(20,29)7)17-16-21(35-25(17)33)24(32)27(3,4)34/h8,17-19,21-22,24-25,32-34H,9-16H2,1-7H3/t17-,18+,19-,21+,22+,24-,25-,28+,29-,30+/m0/s1. The number of allylic oxidation sites excluding steroid dienone is 2. The van der Waals surface area contributed by atoms with Crippen molar-refractivity contribution < 1.29 is 24.9 Å². The molecule has 1 aliphatic heterocycles. The van der Waals surface area contributed by atoms with Crippen LogP contribution in [0, 0.1) is 45.3 Å². The minimum atomic E-state index is -1.26. The minimum absolute atomic E-state index is 0.0286. The number of ketones is 1. The molecule has 0 spiro atoms. The maximum Gasteiger partial charge on any atom is 0.158 e. The summed E-state index contributed by atoms with van der Waals surface area (Å²) in [6, 6.07) is 0. The van der Waals surface area contributed by atoms with E-state index in [1.807, 2.05) is 0 Å². The fourth-order valence-corrected chi connectivity index (χ4v) is 9.98. The van der Waals surface area contributed by atoms with Crippen molar-refractivity contribution in [1.82, 2.24) is 0 Å². The van der Waals surface area contributed by atoms with Crippen LogP contribution in [0.15, 0.2) is 11.6 Å². The summed E-state index contributed by atoms with van der Waals surface area (Å²) in [5.74, 6) is 1.66. The SMILES string of the molecule is CC(C)(O)[C@@H](O)[C@H]1C[C@@H]([C@H]2CC[C@]3(C)C4=CC[C@@H]5C(C)(C)C(=O)CC[C@]5(C)[C@H]4CC[C@@]23C)[C@@H](O)O1. The Bertz CT molecular complexity index is 916. The number of aliphatic hydroxyl groups is 3. The highest BCUT2D eigenvalue weighted by atomic mass is 16.6. The van der Waals surface area contributed by atoms with Gasteiger partial charge in [-0.2, -0.15) is 0 Å². The Morgan fingerprint density at radius 2 is 1.77 bits per heavy atom. The summed E-state index contributed by atoms with van der Waals surface area (Å²) in [5, 5.41) is 31.9. The van der Waals surface area contributed by atoms with Crippen LogP contribution in [-0.2, 0) is 9.53 Å². The summed E-state index contributed by atoms with van der Waals surface area (Å²) in [4.78, 5) is 12.8. The van der Waals surface area contributed by atoms with Gasteiger partial charge in [0.25, 0.3) is 0 Å². The Kier molecular flexibility index (Phi) is 5.83. The molecule has 10 atom stereocenters. The molecule has 0 amide bonds. The molecule has 4 aliphatic carbocycles.